The zero-order chi connectivity index (χ0) is 14.7. The van der Waals surface area contributed by atoms with Crippen molar-refractivity contribution in [1.82, 2.24) is 9.97 Å². The molecule has 0 aliphatic heterocycles. The van der Waals surface area contributed by atoms with Gasteiger partial charge in [-0.15, -0.1) is 0 Å². The van der Waals surface area contributed by atoms with Gasteiger partial charge in [0, 0.05) is 29.2 Å². The van der Waals surface area contributed by atoms with Gasteiger partial charge in [-0.05, 0) is 30.7 Å². The van der Waals surface area contributed by atoms with Crippen LogP contribution in [0, 0.1) is 6.92 Å². The predicted molar refractivity (Wildman–Crippen MR) is 83.2 cm³/mol. The average Bonchev–Trinajstić information content (AvgIpc) is 3.04. The summed E-state index contributed by atoms with van der Waals surface area (Å²) in [6, 6.07) is 15.1. The number of nitrogens with one attached hydrogen (secondary N) is 2. The van der Waals surface area contributed by atoms with E-state index in [-0.39, 0.29) is 5.91 Å². The summed E-state index contributed by atoms with van der Waals surface area (Å²) < 4.78 is 0. The highest BCUT2D eigenvalue weighted by Gasteiger charge is 2.08. The first kappa shape index (κ1) is 13.1. The van der Waals surface area contributed by atoms with Crippen molar-refractivity contribution in [3.05, 3.63) is 72.1 Å². The molecule has 0 saturated heterocycles. The van der Waals surface area contributed by atoms with E-state index >= 15 is 0 Å². The van der Waals surface area contributed by atoms with Crippen LogP contribution in [-0.4, -0.2) is 15.9 Å². The highest BCUT2D eigenvalue weighted by molar-refractivity contribution is 6.04. The summed E-state index contributed by atoms with van der Waals surface area (Å²) in [5, 5.41) is 2.92. The van der Waals surface area contributed by atoms with E-state index < -0.39 is 0 Å². The normalized spacial score (nSPS) is 10.3. The number of nitrogens with zero attached hydrogens (tertiary/aromatic N) is 1. The van der Waals surface area contributed by atoms with Gasteiger partial charge in [-0.25, -0.2) is 4.98 Å². The van der Waals surface area contributed by atoms with E-state index in [2.05, 4.69) is 15.3 Å². The summed E-state index contributed by atoms with van der Waals surface area (Å²) in [6.45, 7) is 1.97. The van der Waals surface area contributed by atoms with Gasteiger partial charge in [-0.1, -0.05) is 30.3 Å². The van der Waals surface area contributed by atoms with Crippen LogP contribution >= 0.6 is 0 Å². The smallest absolute Gasteiger partial charge is 0.255 e. The molecular weight excluding hydrogens is 262 g/mol. The van der Waals surface area contributed by atoms with Gasteiger partial charge in [-0.3, -0.25) is 4.79 Å². The number of benzene rings is 2. The molecule has 21 heavy (non-hydrogen) atoms. The molecule has 0 unspecified atom stereocenters. The van der Waals surface area contributed by atoms with Crippen molar-refractivity contribution >= 4 is 11.6 Å². The minimum absolute atomic E-state index is 0.115. The maximum atomic E-state index is 12.2. The first-order valence-electron chi connectivity index (χ1n) is 6.71. The Kier molecular flexibility index (Phi) is 3.51. The van der Waals surface area contributed by atoms with Gasteiger partial charge in [0.25, 0.3) is 5.91 Å². The molecule has 2 aromatic carbocycles. The fraction of sp³-hybridized carbons (Fsp3) is 0.0588. The van der Waals surface area contributed by atoms with Gasteiger partial charge >= 0.3 is 0 Å². The Morgan fingerprint density at radius 3 is 2.52 bits per heavy atom. The number of carbonyl (C=O) groups excluding carboxylic acids is 1. The van der Waals surface area contributed by atoms with E-state index in [0.717, 1.165) is 22.6 Å². The number of H-pyrrole nitrogens is 1. The Balaban J connectivity index is 1.78. The summed E-state index contributed by atoms with van der Waals surface area (Å²) in [7, 11) is 0. The van der Waals surface area contributed by atoms with Crippen LogP contribution in [0.25, 0.3) is 11.4 Å². The lowest BCUT2D eigenvalue weighted by Gasteiger charge is -2.08. The van der Waals surface area contributed by atoms with Crippen molar-refractivity contribution in [2.45, 2.75) is 6.92 Å². The lowest BCUT2D eigenvalue weighted by Crippen LogP contribution is -2.12. The van der Waals surface area contributed by atoms with Crippen molar-refractivity contribution in [2.75, 3.05) is 5.32 Å². The molecule has 1 heterocycles. The standard InChI is InChI=1S/C17H15N3O/c1-12-4-2-3-5-15(12)20-17(21)14-8-6-13(7-9-14)16-18-10-11-19-16/h2-11H,1H3,(H,18,19)(H,20,21). The molecule has 2 N–H and O–H groups in total. The van der Waals surface area contributed by atoms with Gasteiger partial charge in [0.15, 0.2) is 0 Å². The number of hydrogen-bond acceptors (Lipinski definition) is 2. The van der Waals surface area contributed by atoms with E-state index in [1.807, 2.05) is 43.3 Å². The summed E-state index contributed by atoms with van der Waals surface area (Å²) in [5.41, 5.74) is 3.44. The molecule has 4 heteroatoms. The first-order chi connectivity index (χ1) is 10.2. The third-order valence-corrected chi connectivity index (χ3v) is 3.31. The van der Waals surface area contributed by atoms with Gasteiger partial charge in [0.2, 0.25) is 0 Å². The monoisotopic (exact) mass is 277 g/mol. The minimum Gasteiger partial charge on any atom is -0.345 e. The summed E-state index contributed by atoms with van der Waals surface area (Å²) >= 11 is 0. The maximum Gasteiger partial charge on any atom is 0.255 e. The number of aromatic nitrogens is 2. The van der Waals surface area contributed by atoms with Crippen molar-refractivity contribution in [3.63, 3.8) is 0 Å². The van der Waals surface area contributed by atoms with E-state index in [0.29, 0.717) is 5.56 Å². The molecular formula is C17H15N3O. The van der Waals surface area contributed by atoms with Crippen LogP contribution in [-0.2, 0) is 0 Å². The van der Waals surface area contributed by atoms with Gasteiger partial charge < -0.3 is 10.3 Å². The summed E-state index contributed by atoms with van der Waals surface area (Å²) in [4.78, 5) is 19.5. The molecule has 0 fully saturated rings. The third-order valence-electron chi connectivity index (χ3n) is 3.31. The Hall–Kier alpha value is -2.88. The molecule has 104 valence electrons. The maximum absolute atomic E-state index is 12.2. The Labute approximate surface area is 122 Å². The van der Waals surface area contributed by atoms with Crippen molar-refractivity contribution in [2.24, 2.45) is 0 Å². The topological polar surface area (TPSA) is 57.8 Å². The minimum atomic E-state index is -0.115. The lowest BCUT2D eigenvalue weighted by atomic mass is 10.1. The number of amides is 1. The summed E-state index contributed by atoms with van der Waals surface area (Å²) in [6.07, 6.45) is 3.47. The fourth-order valence-corrected chi connectivity index (χ4v) is 2.11. The lowest BCUT2D eigenvalue weighted by molar-refractivity contribution is 0.102. The quantitative estimate of drug-likeness (QED) is 0.768. The van der Waals surface area contributed by atoms with Crippen LogP contribution in [0.2, 0.25) is 0 Å². The van der Waals surface area contributed by atoms with Crippen LogP contribution in [0.5, 0.6) is 0 Å². The molecule has 3 rings (SSSR count). The van der Waals surface area contributed by atoms with Crippen molar-refractivity contribution < 1.29 is 4.79 Å². The van der Waals surface area contributed by atoms with Gasteiger partial charge in [0.05, 0.1) is 0 Å². The van der Waals surface area contributed by atoms with Crippen molar-refractivity contribution in [1.29, 1.82) is 0 Å². The molecule has 1 amide bonds. The SMILES string of the molecule is Cc1ccccc1NC(=O)c1ccc(-c2ncc[nH]2)cc1. The second kappa shape index (κ2) is 5.63. The number of aryl methyl sites for hydroxylation is 1. The van der Waals surface area contributed by atoms with E-state index in [9.17, 15) is 4.79 Å². The van der Waals surface area contributed by atoms with Crippen LogP contribution in [0.4, 0.5) is 5.69 Å². The molecule has 4 nitrogen and oxygen atoms in total. The number of carbonyl (C=O) groups is 1. The highest BCUT2D eigenvalue weighted by atomic mass is 16.1. The predicted octanol–water partition coefficient (Wildman–Crippen LogP) is 3.64. The van der Waals surface area contributed by atoms with Crippen LogP contribution in [0.1, 0.15) is 15.9 Å². The molecule has 0 bridgehead atoms. The number of anilines is 1. The molecule has 0 spiro atoms. The molecule has 0 radical (unpaired) electrons. The zero-order valence-electron chi connectivity index (χ0n) is 11.6. The second-order valence-electron chi connectivity index (χ2n) is 4.78. The highest BCUT2D eigenvalue weighted by Crippen LogP contribution is 2.17. The van der Waals surface area contributed by atoms with Crippen LogP contribution < -0.4 is 5.32 Å². The van der Waals surface area contributed by atoms with E-state index in [4.69, 9.17) is 0 Å². The average molecular weight is 277 g/mol. The molecule has 0 aliphatic rings. The molecule has 3 aromatic rings. The number of para-hydroxylation sites is 1. The first-order valence-corrected chi connectivity index (χ1v) is 6.71. The van der Waals surface area contributed by atoms with Crippen LogP contribution in [0.15, 0.2) is 60.9 Å². The summed E-state index contributed by atoms with van der Waals surface area (Å²) in [5.74, 6) is 0.677. The zero-order valence-corrected chi connectivity index (χ0v) is 11.6. The molecule has 0 atom stereocenters. The second-order valence-corrected chi connectivity index (χ2v) is 4.78. The Morgan fingerprint density at radius 1 is 1.10 bits per heavy atom. The van der Waals surface area contributed by atoms with E-state index in [1.165, 1.54) is 0 Å². The third kappa shape index (κ3) is 2.84. The largest absolute Gasteiger partial charge is 0.345 e. The van der Waals surface area contributed by atoms with E-state index in [1.54, 1.807) is 24.5 Å². The van der Waals surface area contributed by atoms with Crippen molar-refractivity contribution in [3.8, 4) is 11.4 Å². The molecule has 0 saturated carbocycles. The van der Waals surface area contributed by atoms with Crippen LogP contribution in [0.3, 0.4) is 0 Å². The Bertz CT molecular complexity index is 746. The number of rotatable bonds is 3. The fourth-order valence-electron chi connectivity index (χ4n) is 2.11. The van der Waals surface area contributed by atoms with Gasteiger partial charge in [0.1, 0.15) is 5.82 Å². The number of aromatic amines is 1. The van der Waals surface area contributed by atoms with Gasteiger partial charge in [-0.2, -0.15) is 0 Å². The molecule has 1 aromatic heterocycles. The molecule has 0 aliphatic carbocycles. The Morgan fingerprint density at radius 2 is 1.86 bits per heavy atom. The number of hydrogen-bond donors (Lipinski definition) is 2. The number of imidazole rings is 1.